The van der Waals surface area contributed by atoms with Gasteiger partial charge in [0.1, 0.15) is 0 Å². The Kier molecular flexibility index (Phi) is 18.5. The van der Waals surface area contributed by atoms with E-state index in [0.29, 0.717) is 44.2 Å². The Bertz CT molecular complexity index is 1510. The molecule has 0 saturated carbocycles. The Hall–Kier alpha value is -0.400. The molecule has 0 bridgehead atoms. The van der Waals surface area contributed by atoms with Gasteiger partial charge in [-0.3, -0.25) is 24.5 Å². The predicted octanol–water partition coefficient (Wildman–Crippen LogP) is 9.10. The molecule has 69 heavy (non-hydrogen) atoms. The van der Waals surface area contributed by atoms with Crippen LogP contribution in [0.2, 0.25) is 0 Å². The molecule has 0 N–H and O–H groups in total. The van der Waals surface area contributed by atoms with E-state index in [-0.39, 0.29) is 0 Å². The fourth-order valence-corrected chi connectivity index (χ4v) is 14.5. The van der Waals surface area contributed by atoms with Crippen molar-refractivity contribution in [3.63, 3.8) is 0 Å². The van der Waals surface area contributed by atoms with Crippen LogP contribution in [0.25, 0.3) is 0 Å². The standard InChI is InChI=1S/C13H26N2.2C12H24N2.2C11H22N2/c1-12(2,3)15-9-7-13(11-15)6-5-8-14(4)10-13;2*1-11(2,3)14-9-6-12(7-10-14)5-8-13(12)4;1-10(2,3)13-7-5-11(6-8-13)9-12(11)4;1-10(2)13-6-4-11(5-7-13)8-12(3)9-11/h5-11H2,1-4H3;2*5-10H2,1-4H3;5-9H2,1-4H3;10H,4-9H2,1-3H3. The number of rotatable bonds is 1. The summed E-state index contributed by atoms with van der Waals surface area (Å²) in [4.78, 5) is 25.8. The number of hydrogen-bond donors (Lipinski definition) is 0. The van der Waals surface area contributed by atoms with Gasteiger partial charge in [0.25, 0.3) is 0 Å². The maximum atomic E-state index is 2.67. The molecule has 0 aliphatic carbocycles. The quantitative estimate of drug-likeness (QED) is 0.238. The molecule has 404 valence electrons. The second-order valence-corrected chi connectivity index (χ2v) is 29.8. The fourth-order valence-electron chi connectivity index (χ4n) is 14.5. The van der Waals surface area contributed by atoms with E-state index >= 15 is 0 Å². The SMILES string of the molecule is CC(C)N1CCC2(CC1)CN(C)C2.CN1CC12CCN(C(C)(C)C)CC2.CN1CCC12CCN(C(C)(C)C)CC2.CN1CCC12CCN(C(C)(C)C)CC2.CN1CCCC2(CCN(C(C)(C)C)C2)C1. The Labute approximate surface area is 429 Å². The zero-order valence-electron chi connectivity index (χ0n) is 49.8. The molecule has 2 unspecified atom stereocenters. The largest absolute Gasteiger partial charge is 0.306 e. The van der Waals surface area contributed by atoms with Crippen LogP contribution in [-0.4, -0.2) is 240 Å². The van der Waals surface area contributed by atoms with E-state index in [1.54, 1.807) is 0 Å². The first kappa shape index (κ1) is 57.9. The summed E-state index contributed by atoms with van der Waals surface area (Å²) < 4.78 is 0. The van der Waals surface area contributed by atoms with Gasteiger partial charge in [-0.25, -0.2) is 0 Å². The predicted molar refractivity (Wildman–Crippen MR) is 298 cm³/mol. The van der Waals surface area contributed by atoms with E-state index in [9.17, 15) is 0 Å². The van der Waals surface area contributed by atoms with Gasteiger partial charge in [-0.15, -0.1) is 0 Å². The lowest BCUT2D eigenvalue weighted by Crippen LogP contribution is -2.63. The molecule has 10 aliphatic rings. The Morgan fingerprint density at radius 3 is 0.899 bits per heavy atom. The van der Waals surface area contributed by atoms with Crippen LogP contribution in [0.1, 0.15) is 180 Å². The first-order chi connectivity index (χ1) is 31.8. The zero-order valence-corrected chi connectivity index (χ0v) is 49.8. The van der Waals surface area contributed by atoms with Gasteiger partial charge in [0.15, 0.2) is 0 Å². The summed E-state index contributed by atoms with van der Waals surface area (Å²) in [5.41, 5.74) is 4.63. The van der Waals surface area contributed by atoms with Crippen LogP contribution in [0, 0.1) is 10.8 Å². The first-order valence-corrected chi connectivity index (χ1v) is 29.1. The third-order valence-corrected chi connectivity index (χ3v) is 20.6. The highest BCUT2D eigenvalue weighted by Gasteiger charge is 2.52. The van der Waals surface area contributed by atoms with E-state index < -0.39 is 0 Å². The number of likely N-dealkylation sites (N-methyl/N-ethyl adjacent to an activating group) is 1. The monoisotopic (exact) mass is 967 g/mol. The number of hydrogen-bond acceptors (Lipinski definition) is 10. The Morgan fingerprint density at radius 2 is 0.623 bits per heavy atom. The van der Waals surface area contributed by atoms with Crippen molar-refractivity contribution in [1.82, 2.24) is 49.0 Å². The summed E-state index contributed by atoms with van der Waals surface area (Å²) in [5.74, 6) is 0. The highest BCUT2D eigenvalue weighted by atomic mass is 15.4. The second kappa shape index (κ2) is 22.1. The van der Waals surface area contributed by atoms with Crippen molar-refractivity contribution < 1.29 is 0 Å². The van der Waals surface area contributed by atoms with Crippen molar-refractivity contribution >= 4 is 0 Å². The summed E-state index contributed by atoms with van der Waals surface area (Å²) in [6.45, 7) is 54.9. The van der Waals surface area contributed by atoms with Crippen LogP contribution >= 0.6 is 0 Å². The zero-order chi connectivity index (χ0) is 51.1. The summed E-state index contributed by atoms with van der Waals surface area (Å²) >= 11 is 0. The van der Waals surface area contributed by atoms with Gasteiger partial charge in [-0.2, -0.15) is 0 Å². The summed E-state index contributed by atoms with van der Waals surface area (Å²) in [5, 5.41) is 0. The Morgan fingerprint density at radius 1 is 0.304 bits per heavy atom. The molecule has 10 aliphatic heterocycles. The molecule has 10 nitrogen and oxygen atoms in total. The lowest BCUT2D eigenvalue weighted by Gasteiger charge is -2.56. The lowest BCUT2D eigenvalue weighted by atomic mass is 9.72. The minimum atomic E-state index is 0.361. The maximum absolute atomic E-state index is 2.67. The molecule has 2 atom stereocenters. The molecular formula is C59H118N10. The molecule has 10 heteroatoms. The van der Waals surface area contributed by atoms with Gasteiger partial charge in [0.2, 0.25) is 0 Å². The van der Waals surface area contributed by atoms with Crippen molar-refractivity contribution in [3.05, 3.63) is 0 Å². The topological polar surface area (TPSA) is 32.2 Å². The smallest absolute Gasteiger partial charge is 0.0358 e. The first-order valence-electron chi connectivity index (χ1n) is 29.1. The fraction of sp³-hybridized carbons (Fsp3) is 1.00. The van der Waals surface area contributed by atoms with E-state index in [1.807, 2.05) is 0 Å². The highest BCUT2D eigenvalue weighted by Crippen LogP contribution is 2.44. The van der Waals surface area contributed by atoms with Crippen molar-refractivity contribution in [2.45, 2.75) is 225 Å². The lowest BCUT2D eigenvalue weighted by molar-refractivity contribution is -0.0559. The van der Waals surface area contributed by atoms with Crippen LogP contribution in [-0.2, 0) is 0 Å². The van der Waals surface area contributed by atoms with E-state index in [2.05, 4.69) is 181 Å². The van der Waals surface area contributed by atoms with Crippen LogP contribution < -0.4 is 0 Å². The molecule has 0 aromatic heterocycles. The van der Waals surface area contributed by atoms with Gasteiger partial charge in [0, 0.05) is 130 Å². The molecule has 10 saturated heterocycles. The molecule has 0 radical (unpaired) electrons. The van der Waals surface area contributed by atoms with Crippen molar-refractivity contribution in [2.75, 3.05) is 146 Å². The molecule has 10 rings (SSSR count). The molecular weight excluding hydrogens is 849 g/mol. The molecule has 10 fully saturated rings. The molecule has 5 spiro atoms. The molecule has 0 aromatic rings. The van der Waals surface area contributed by atoms with Crippen molar-refractivity contribution in [2.24, 2.45) is 10.8 Å². The maximum Gasteiger partial charge on any atom is 0.0358 e. The third-order valence-electron chi connectivity index (χ3n) is 20.6. The van der Waals surface area contributed by atoms with Crippen LogP contribution in [0.3, 0.4) is 0 Å². The molecule has 10 heterocycles. The van der Waals surface area contributed by atoms with Crippen LogP contribution in [0.5, 0.6) is 0 Å². The van der Waals surface area contributed by atoms with E-state index in [4.69, 9.17) is 0 Å². The van der Waals surface area contributed by atoms with Gasteiger partial charge in [-0.05, 0) is 253 Å². The average molecular weight is 968 g/mol. The molecule has 0 amide bonds. The van der Waals surface area contributed by atoms with Crippen molar-refractivity contribution in [3.8, 4) is 0 Å². The average Bonchev–Trinajstić information content (AvgIpc) is 3.67. The third kappa shape index (κ3) is 14.5. The van der Waals surface area contributed by atoms with Crippen LogP contribution in [0.4, 0.5) is 0 Å². The highest BCUT2D eigenvalue weighted by molar-refractivity contribution is 5.09. The van der Waals surface area contributed by atoms with Crippen LogP contribution in [0.15, 0.2) is 0 Å². The second-order valence-electron chi connectivity index (χ2n) is 29.8. The van der Waals surface area contributed by atoms with Crippen molar-refractivity contribution in [1.29, 1.82) is 0 Å². The summed E-state index contributed by atoms with van der Waals surface area (Å²) in [7, 11) is 11.3. The summed E-state index contributed by atoms with van der Waals surface area (Å²) in [6.07, 6.45) is 18.2. The van der Waals surface area contributed by atoms with Gasteiger partial charge in [0.05, 0.1) is 0 Å². The van der Waals surface area contributed by atoms with E-state index in [0.717, 1.165) is 11.5 Å². The van der Waals surface area contributed by atoms with Gasteiger partial charge in [-0.1, -0.05) is 0 Å². The Balaban J connectivity index is 0.000000142. The number of nitrogens with zero attached hydrogens (tertiary/aromatic N) is 10. The van der Waals surface area contributed by atoms with Gasteiger partial charge >= 0.3 is 0 Å². The minimum absolute atomic E-state index is 0.361. The summed E-state index contributed by atoms with van der Waals surface area (Å²) in [6, 6.07) is 0.746. The normalized spacial score (nSPS) is 31.4. The van der Waals surface area contributed by atoms with E-state index in [1.165, 1.54) is 195 Å². The molecule has 0 aromatic carbocycles. The minimum Gasteiger partial charge on any atom is -0.306 e. The number of likely N-dealkylation sites (tertiary alicyclic amines) is 9. The number of piperidine rings is 5. The van der Waals surface area contributed by atoms with Gasteiger partial charge < -0.3 is 24.5 Å².